The van der Waals surface area contributed by atoms with Gasteiger partial charge in [0.15, 0.2) is 0 Å². The second-order valence-corrected chi connectivity index (χ2v) is 9.16. The van der Waals surface area contributed by atoms with E-state index in [0.29, 0.717) is 0 Å². The first kappa shape index (κ1) is 17.7. The average Bonchev–Trinajstić information content (AvgIpc) is 2.47. The molecule has 21 heavy (non-hydrogen) atoms. The third-order valence-electron chi connectivity index (χ3n) is 5.50. The zero-order valence-electron chi connectivity index (χ0n) is 14.6. The lowest BCUT2D eigenvalue weighted by molar-refractivity contribution is 0.184. The van der Waals surface area contributed by atoms with Crippen molar-refractivity contribution < 1.29 is 0 Å². The summed E-state index contributed by atoms with van der Waals surface area (Å²) < 4.78 is 0. The van der Waals surface area contributed by atoms with Crippen molar-refractivity contribution in [2.75, 3.05) is 12.3 Å². The second kappa shape index (κ2) is 9.45. The Morgan fingerprint density at radius 2 is 1.67 bits per heavy atom. The van der Waals surface area contributed by atoms with Crippen LogP contribution in [-0.2, 0) is 0 Å². The molecule has 0 spiro atoms. The van der Waals surface area contributed by atoms with Gasteiger partial charge < -0.3 is 5.32 Å². The largest absolute Gasteiger partial charge is 0.313 e. The SMILES string of the molecule is CCCNC(CSC1CCCCC1)C1CC(C)CC(C)C1. The molecule has 0 radical (unpaired) electrons. The van der Waals surface area contributed by atoms with Crippen LogP contribution in [0.15, 0.2) is 0 Å². The summed E-state index contributed by atoms with van der Waals surface area (Å²) >= 11 is 2.29. The molecule has 0 aliphatic heterocycles. The van der Waals surface area contributed by atoms with Crippen LogP contribution < -0.4 is 5.32 Å². The van der Waals surface area contributed by atoms with E-state index in [4.69, 9.17) is 0 Å². The number of nitrogens with one attached hydrogen (secondary N) is 1. The van der Waals surface area contributed by atoms with Gasteiger partial charge in [-0.3, -0.25) is 0 Å². The van der Waals surface area contributed by atoms with Crippen LogP contribution in [-0.4, -0.2) is 23.6 Å². The Morgan fingerprint density at radius 1 is 1.00 bits per heavy atom. The van der Waals surface area contributed by atoms with Crippen LogP contribution in [0.4, 0.5) is 0 Å². The van der Waals surface area contributed by atoms with Gasteiger partial charge in [-0.05, 0) is 62.8 Å². The minimum Gasteiger partial charge on any atom is -0.313 e. The molecule has 2 saturated carbocycles. The topological polar surface area (TPSA) is 12.0 Å². The van der Waals surface area contributed by atoms with E-state index >= 15 is 0 Å². The van der Waals surface area contributed by atoms with Crippen LogP contribution in [0.1, 0.15) is 78.6 Å². The number of hydrogen-bond acceptors (Lipinski definition) is 2. The molecular weight excluding hydrogens is 274 g/mol. The Bertz CT molecular complexity index is 265. The Kier molecular flexibility index (Phi) is 7.95. The van der Waals surface area contributed by atoms with Gasteiger partial charge in [0.2, 0.25) is 0 Å². The molecule has 3 unspecified atom stereocenters. The predicted molar refractivity (Wildman–Crippen MR) is 97.1 cm³/mol. The maximum atomic E-state index is 3.90. The molecule has 124 valence electrons. The molecule has 0 aromatic heterocycles. The quantitative estimate of drug-likeness (QED) is 0.667. The van der Waals surface area contributed by atoms with Crippen LogP contribution in [0.5, 0.6) is 0 Å². The van der Waals surface area contributed by atoms with Crippen LogP contribution >= 0.6 is 11.8 Å². The second-order valence-electron chi connectivity index (χ2n) is 7.83. The van der Waals surface area contributed by atoms with Crippen LogP contribution in [0.3, 0.4) is 0 Å². The van der Waals surface area contributed by atoms with Crippen LogP contribution in [0, 0.1) is 17.8 Å². The van der Waals surface area contributed by atoms with Crippen molar-refractivity contribution in [2.24, 2.45) is 17.8 Å². The fourth-order valence-corrected chi connectivity index (χ4v) is 6.04. The van der Waals surface area contributed by atoms with Crippen LogP contribution in [0.2, 0.25) is 0 Å². The monoisotopic (exact) mass is 311 g/mol. The summed E-state index contributed by atoms with van der Waals surface area (Å²) in [4.78, 5) is 0. The average molecular weight is 312 g/mol. The van der Waals surface area contributed by atoms with E-state index < -0.39 is 0 Å². The summed E-state index contributed by atoms with van der Waals surface area (Å²) in [7, 11) is 0. The van der Waals surface area contributed by atoms with Gasteiger partial charge in [-0.25, -0.2) is 0 Å². The summed E-state index contributed by atoms with van der Waals surface area (Å²) in [6.45, 7) is 8.43. The van der Waals surface area contributed by atoms with Gasteiger partial charge in [-0.2, -0.15) is 11.8 Å². The van der Waals surface area contributed by atoms with E-state index in [-0.39, 0.29) is 0 Å². The molecule has 0 heterocycles. The lowest BCUT2D eigenvalue weighted by Gasteiger charge is -2.37. The molecule has 2 rings (SSSR count). The minimum absolute atomic E-state index is 0.766. The van der Waals surface area contributed by atoms with Gasteiger partial charge in [0.05, 0.1) is 0 Å². The summed E-state index contributed by atoms with van der Waals surface area (Å²) in [5.74, 6) is 4.15. The summed E-state index contributed by atoms with van der Waals surface area (Å²) in [5.41, 5.74) is 0. The first-order valence-corrected chi connectivity index (χ1v) is 10.6. The zero-order chi connectivity index (χ0) is 15.1. The molecule has 3 atom stereocenters. The van der Waals surface area contributed by atoms with Crippen molar-refractivity contribution in [1.29, 1.82) is 0 Å². The highest BCUT2D eigenvalue weighted by atomic mass is 32.2. The van der Waals surface area contributed by atoms with Gasteiger partial charge in [0.25, 0.3) is 0 Å². The van der Waals surface area contributed by atoms with Crippen molar-refractivity contribution >= 4 is 11.8 Å². The highest BCUT2D eigenvalue weighted by Gasteiger charge is 2.30. The molecule has 1 nitrogen and oxygen atoms in total. The molecule has 2 aliphatic rings. The van der Waals surface area contributed by atoms with Crippen molar-refractivity contribution in [2.45, 2.75) is 89.9 Å². The lowest BCUT2D eigenvalue weighted by atomic mass is 9.74. The molecule has 0 aromatic carbocycles. The highest BCUT2D eigenvalue weighted by molar-refractivity contribution is 7.99. The van der Waals surface area contributed by atoms with Gasteiger partial charge in [0.1, 0.15) is 0 Å². The van der Waals surface area contributed by atoms with E-state index in [2.05, 4.69) is 37.8 Å². The standard InChI is InChI=1S/C19H37NS/c1-4-10-20-19(14-21-18-8-6-5-7-9-18)17-12-15(2)11-16(3)13-17/h15-20H,4-14H2,1-3H3. The third-order valence-corrected chi connectivity index (χ3v) is 7.00. The first-order chi connectivity index (χ1) is 10.2. The molecular formula is C19H37NS. The minimum atomic E-state index is 0.766. The van der Waals surface area contributed by atoms with Crippen molar-refractivity contribution in [3.8, 4) is 0 Å². The molecule has 2 fully saturated rings. The van der Waals surface area contributed by atoms with Gasteiger partial charge in [-0.1, -0.05) is 40.0 Å². The first-order valence-electron chi connectivity index (χ1n) is 9.54. The predicted octanol–water partition coefficient (Wildman–Crippen LogP) is 5.49. The molecule has 0 saturated heterocycles. The normalized spacial score (nSPS) is 33.0. The van der Waals surface area contributed by atoms with E-state index in [1.807, 2.05) is 0 Å². The Labute approximate surface area is 137 Å². The Hall–Kier alpha value is 0.310. The number of rotatable bonds is 7. The number of thioether (sulfide) groups is 1. The summed E-state index contributed by atoms with van der Waals surface area (Å²) in [6, 6.07) is 0.766. The highest BCUT2D eigenvalue weighted by Crippen LogP contribution is 2.37. The fraction of sp³-hybridized carbons (Fsp3) is 1.00. The van der Waals surface area contributed by atoms with E-state index in [0.717, 1.165) is 29.0 Å². The summed E-state index contributed by atoms with van der Waals surface area (Å²) in [5, 5.41) is 4.86. The van der Waals surface area contributed by atoms with Gasteiger partial charge >= 0.3 is 0 Å². The molecule has 2 heteroatoms. The van der Waals surface area contributed by atoms with Crippen molar-refractivity contribution in [3.05, 3.63) is 0 Å². The summed E-state index contributed by atoms with van der Waals surface area (Å²) in [6.07, 6.45) is 13.0. The van der Waals surface area contributed by atoms with Crippen molar-refractivity contribution in [1.82, 2.24) is 5.32 Å². The molecule has 2 aliphatic carbocycles. The Morgan fingerprint density at radius 3 is 2.29 bits per heavy atom. The van der Waals surface area contributed by atoms with E-state index in [9.17, 15) is 0 Å². The molecule has 0 amide bonds. The van der Waals surface area contributed by atoms with E-state index in [1.165, 1.54) is 70.1 Å². The third kappa shape index (κ3) is 6.14. The number of hydrogen-bond donors (Lipinski definition) is 1. The maximum absolute atomic E-state index is 3.90. The van der Waals surface area contributed by atoms with E-state index in [1.54, 1.807) is 0 Å². The van der Waals surface area contributed by atoms with Gasteiger partial charge in [0, 0.05) is 17.0 Å². The lowest BCUT2D eigenvalue weighted by Crippen LogP contribution is -2.42. The molecule has 0 bridgehead atoms. The van der Waals surface area contributed by atoms with Crippen molar-refractivity contribution in [3.63, 3.8) is 0 Å². The van der Waals surface area contributed by atoms with Gasteiger partial charge in [-0.15, -0.1) is 0 Å². The smallest absolute Gasteiger partial charge is 0.0186 e. The molecule has 1 N–H and O–H groups in total. The Balaban J connectivity index is 1.83. The zero-order valence-corrected chi connectivity index (χ0v) is 15.4. The fourth-order valence-electron chi connectivity index (χ4n) is 4.50. The molecule has 0 aromatic rings. The van der Waals surface area contributed by atoms with Crippen LogP contribution in [0.25, 0.3) is 0 Å². The maximum Gasteiger partial charge on any atom is 0.0186 e.